The van der Waals surface area contributed by atoms with Gasteiger partial charge in [0.25, 0.3) is 0 Å². The van der Waals surface area contributed by atoms with Crippen LogP contribution in [0.5, 0.6) is 0 Å². The molecule has 1 saturated carbocycles. The number of nitrogens with two attached hydrogens (primary N) is 1. The van der Waals surface area contributed by atoms with Crippen molar-refractivity contribution in [3.05, 3.63) is 34.6 Å². The lowest BCUT2D eigenvalue weighted by Crippen LogP contribution is -2.35. The van der Waals surface area contributed by atoms with E-state index in [-0.39, 0.29) is 11.9 Å². The van der Waals surface area contributed by atoms with Crippen molar-refractivity contribution in [2.45, 2.75) is 38.6 Å². The third-order valence-corrected chi connectivity index (χ3v) is 4.24. The summed E-state index contributed by atoms with van der Waals surface area (Å²) in [5.41, 5.74) is 3.41. The van der Waals surface area contributed by atoms with Gasteiger partial charge in [-0.25, -0.2) is 4.39 Å². The fraction of sp³-hybridized carbons (Fsp3) is 0.571. The molecule has 0 amide bonds. The van der Waals surface area contributed by atoms with Crippen molar-refractivity contribution in [3.8, 4) is 0 Å². The molecule has 1 atom stereocenters. The molecule has 1 unspecified atom stereocenters. The lowest BCUT2D eigenvalue weighted by Gasteiger charge is -2.32. The molecule has 0 saturated heterocycles. The predicted molar refractivity (Wildman–Crippen MR) is 72.6 cm³/mol. The van der Waals surface area contributed by atoms with Crippen molar-refractivity contribution in [1.82, 2.24) is 5.43 Å². The highest BCUT2D eigenvalue weighted by molar-refractivity contribution is 6.30. The summed E-state index contributed by atoms with van der Waals surface area (Å²) in [6.45, 7) is 2.27. The average Bonchev–Trinajstić information content (AvgIpc) is 2.35. The second-order valence-corrected chi connectivity index (χ2v) is 5.77. The van der Waals surface area contributed by atoms with E-state index in [1.807, 2.05) is 0 Å². The fourth-order valence-electron chi connectivity index (χ4n) is 2.85. The minimum Gasteiger partial charge on any atom is -0.271 e. The van der Waals surface area contributed by atoms with Gasteiger partial charge in [-0.3, -0.25) is 11.3 Å². The molecule has 0 bridgehead atoms. The van der Waals surface area contributed by atoms with E-state index in [1.165, 1.54) is 18.9 Å². The molecule has 100 valence electrons. The zero-order valence-corrected chi connectivity index (χ0v) is 11.4. The SMILES string of the molecule is CC1CCC(C(NN)c2ccc(Cl)cc2F)CC1. The molecule has 0 aliphatic heterocycles. The number of hydrogen-bond acceptors (Lipinski definition) is 2. The van der Waals surface area contributed by atoms with Crippen LogP contribution in [-0.2, 0) is 0 Å². The zero-order valence-electron chi connectivity index (χ0n) is 10.6. The highest BCUT2D eigenvalue weighted by Crippen LogP contribution is 2.37. The molecule has 1 aliphatic rings. The smallest absolute Gasteiger partial charge is 0.129 e. The van der Waals surface area contributed by atoms with Crippen LogP contribution in [0, 0.1) is 17.7 Å². The molecule has 4 heteroatoms. The molecule has 1 aromatic rings. The largest absolute Gasteiger partial charge is 0.271 e. The van der Waals surface area contributed by atoms with Gasteiger partial charge in [0.05, 0.1) is 6.04 Å². The summed E-state index contributed by atoms with van der Waals surface area (Å²) < 4.78 is 13.9. The molecule has 0 heterocycles. The van der Waals surface area contributed by atoms with Crippen molar-refractivity contribution in [2.24, 2.45) is 17.7 Å². The average molecular weight is 271 g/mol. The van der Waals surface area contributed by atoms with Crippen LogP contribution in [0.4, 0.5) is 4.39 Å². The van der Waals surface area contributed by atoms with Crippen LogP contribution < -0.4 is 11.3 Å². The third-order valence-electron chi connectivity index (χ3n) is 4.01. The van der Waals surface area contributed by atoms with Crippen molar-refractivity contribution in [2.75, 3.05) is 0 Å². The van der Waals surface area contributed by atoms with Gasteiger partial charge in [-0.2, -0.15) is 0 Å². The first-order chi connectivity index (χ1) is 8.61. The Hall–Kier alpha value is -0.640. The van der Waals surface area contributed by atoms with E-state index in [0.29, 0.717) is 16.5 Å². The maximum Gasteiger partial charge on any atom is 0.129 e. The fourth-order valence-corrected chi connectivity index (χ4v) is 3.01. The lowest BCUT2D eigenvalue weighted by molar-refractivity contribution is 0.229. The van der Waals surface area contributed by atoms with E-state index in [9.17, 15) is 4.39 Å². The van der Waals surface area contributed by atoms with Crippen LogP contribution in [0.1, 0.15) is 44.2 Å². The van der Waals surface area contributed by atoms with Gasteiger partial charge in [0.1, 0.15) is 5.82 Å². The van der Waals surface area contributed by atoms with Crippen LogP contribution in [-0.4, -0.2) is 0 Å². The number of benzene rings is 1. The molecule has 2 rings (SSSR count). The highest BCUT2D eigenvalue weighted by atomic mass is 35.5. The standard InChI is InChI=1S/C14H20ClFN2/c1-9-2-4-10(5-3-9)14(18-17)12-7-6-11(15)8-13(12)16/h6-10,14,18H,2-5,17H2,1H3. The third kappa shape index (κ3) is 3.02. The van der Waals surface area contributed by atoms with Crippen LogP contribution >= 0.6 is 11.6 Å². The van der Waals surface area contributed by atoms with E-state index in [0.717, 1.165) is 18.8 Å². The van der Waals surface area contributed by atoms with Crippen LogP contribution in [0.2, 0.25) is 5.02 Å². The highest BCUT2D eigenvalue weighted by Gasteiger charge is 2.28. The Labute approximate surface area is 113 Å². The molecule has 0 radical (unpaired) electrons. The Kier molecular flexibility index (Phi) is 4.60. The Morgan fingerprint density at radius 1 is 1.33 bits per heavy atom. The normalized spacial score (nSPS) is 26.0. The minimum absolute atomic E-state index is 0.116. The monoisotopic (exact) mass is 270 g/mol. The molecule has 3 N–H and O–H groups in total. The van der Waals surface area contributed by atoms with E-state index in [2.05, 4.69) is 12.3 Å². The minimum atomic E-state index is -0.274. The summed E-state index contributed by atoms with van der Waals surface area (Å²) in [4.78, 5) is 0. The van der Waals surface area contributed by atoms with Gasteiger partial charge >= 0.3 is 0 Å². The molecule has 0 spiro atoms. The molecule has 1 fully saturated rings. The van der Waals surface area contributed by atoms with Crippen LogP contribution in [0.3, 0.4) is 0 Å². The zero-order chi connectivity index (χ0) is 13.1. The van der Waals surface area contributed by atoms with Gasteiger partial charge in [-0.1, -0.05) is 37.4 Å². The molecule has 0 aromatic heterocycles. The second-order valence-electron chi connectivity index (χ2n) is 5.33. The molecule has 18 heavy (non-hydrogen) atoms. The molecule has 2 nitrogen and oxygen atoms in total. The number of nitrogens with one attached hydrogen (secondary N) is 1. The summed E-state index contributed by atoms with van der Waals surface area (Å²) in [6.07, 6.45) is 4.58. The number of hydrogen-bond donors (Lipinski definition) is 2. The van der Waals surface area contributed by atoms with Crippen LogP contribution in [0.15, 0.2) is 18.2 Å². The summed E-state index contributed by atoms with van der Waals surface area (Å²) in [5, 5.41) is 0.421. The summed E-state index contributed by atoms with van der Waals surface area (Å²) >= 11 is 5.78. The van der Waals surface area contributed by atoms with Gasteiger partial charge in [0.2, 0.25) is 0 Å². The summed E-state index contributed by atoms with van der Waals surface area (Å²) in [6, 6.07) is 4.69. The van der Waals surface area contributed by atoms with Gasteiger partial charge in [0.15, 0.2) is 0 Å². The predicted octanol–water partition coefficient (Wildman–Crippen LogP) is 3.81. The van der Waals surface area contributed by atoms with E-state index >= 15 is 0 Å². The molecular formula is C14H20ClFN2. The van der Waals surface area contributed by atoms with E-state index in [4.69, 9.17) is 17.4 Å². The maximum absolute atomic E-state index is 13.9. The number of rotatable bonds is 3. The first-order valence-electron chi connectivity index (χ1n) is 6.53. The summed E-state index contributed by atoms with van der Waals surface area (Å²) in [5.74, 6) is 6.53. The molecular weight excluding hydrogens is 251 g/mol. The lowest BCUT2D eigenvalue weighted by atomic mass is 9.77. The molecule has 1 aliphatic carbocycles. The number of halogens is 2. The Morgan fingerprint density at radius 3 is 2.56 bits per heavy atom. The number of hydrazine groups is 1. The Balaban J connectivity index is 2.17. The molecule has 1 aromatic carbocycles. The van der Waals surface area contributed by atoms with Crippen molar-refractivity contribution >= 4 is 11.6 Å². The Morgan fingerprint density at radius 2 is 2.00 bits per heavy atom. The van der Waals surface area contributed by atoms with Gasteiger partial charge in [0, 0.05) is 10.6 Å². The van der Waals surface area contributed by atoms with E-state index in [1.54, 1.807) is 12.1 Å². The van der Waals surface area contributed by atoms with E-state index < -0.39 is 0 Å². The van der Waals surface area contributed by atoms with Gasteiger partial charge < -0.3 is 0 Å². The Bertz CT molecular complexity index is 403. The van der Waals surface area contributed by atoms with Crippen molar-refractivity contribution in [1.29, 1.82) is 0 Å². The quantitative estimate of drug-likeness (QED) is 0.647. The van der Waals surface area contributed by atoms with Crippen LogP contribution in [0.25, 0.3) is 0 Å². The topological polar surface area (TPSA) is 38.0 Å². The van der Waals surface area contributed by atoms with Gasteiger partial charge in [-0.05, 0) is 36.8 Å². The summed E-state index contributed by atoms with van der Waals surface area (Å²) in [7, 11) is 0. The van der Waals surface area contributed by atoms with Crippen molar-refractivity contribution < 1.29 is 4.39 Å². The maximum atomic E-state index is 13.9. The van der Waals surface area contributed by atoms with Gasteiger partial charge in [-0.15, -0.1) is 0 Å². The first kappa shape index (κ1) is 13.8. The van der Waals surface area contributed by atoms with Crippen molar-refractivity contribution in [3.63, 3.8) is 0 Å². The second kappa shape index (κ2) is 6.00. The first-order valence-corrected chi connectivity index (χ1v) is 6.90.